The van der Waals surface area contributed by atoms with Crippen molar-refractivity contribution in [2.75, 3.05) is 18.0 Å². The number of carbonyl (C=O) groups is 1. The van der Waals surface area contributed by atoms with E-state index < -0.39 is 15.9 Å². The highest BCUT2D eigenvalue weighted by molar-refractivity contribution is 7.90. The minimum absolute atomic E-state index is 0.145. The van der Waals surface area contributed by atoms with E-state index >= 15 is 0 Å². The molecule has 1 heterocycles. The quantitative estimate of drug-likeness (QED) is 0.639. The lowest BCUT2D eigenvalue weighted by molar-refractivity contribution is -0.119. The van der Waals surface area contributed by atoms with E-state index in [4.69, 9.17) is 0 Å². The molecule has 0 aliphatic carbocycles. The fraction of sp³-hybridized carbons (Fsp3) is 0.632. The number of carbonyl (C=O) groups excluding carboxylic acids is 1. The summed E-state index contributed by atoms with van der Waals surface area (Å²) in [6.07, 6.45) is 9.01. The van der Waals surface area contributed by atoms with Crippen LogP contribution in [-0.2, 0) is 14.8 Å². The maximum atomic E-state index is 12.3. The largest absolute Gasteiger partial charge is 0.372 e. The Morgan fingerprint density at radius 2 is 1.60 bits per heavy atom. The highest BCUT2D eigenvalue weighted by Gasteiger charge is 2.18. The zero-order chi connectivity index (χ0) is 18.1. The Hall–Kier alpha value is -1.56. The predicted octanol–water partition coefficient (Wildman–Crippen LogP) is 3.84. The van der Waals surface area contributed by atoms with Gasteiger partial charge in [0.25, 0.3) is 10.0 Å². The molecule has 1 aliphatic rings. The molecule has 5 nitrogen and oxygen atoms in total. The van der Waals surface area contributed by atoms with Crippen LogP contribution >= 0.6 is 0 Å². The molecule has 0 radical (unpaired) electrons. The second kappa shape index (κ2) is 9.80. The van der Waals surface area contributed by atoms with Gasteiger partial charge in [0.05, 0.1) is 4.90 Å². The molecule has 1 aromatic rings. The van der Waals surface area contributed by atoms with Crippen molar-refractivity contribution in [1.29, 1.82) is 0 Å². The predicted molar refractivity (Wildman–Crippen MR) is 101 cm³/mol. The van der Waals surface area contributed by atoms with Gasteiger partial charge in [-0.3, -0.25) is 4.79 Å². The molecule has 1 fully saturated rings. The summed E-state index contributed by atoms with van der Waals surface area (Å²) in [5, 5.41) is 0. The average molecular weight is 367 g/mol. The van der Waals surface area contributed by atoms with Gasteiger partial charge in [0.1, 0.15) is 0 Å². The number of nitrogens with one attached hydrogen (secondary N) is 1. The molecule has 6 heteroatoms. The third-order valence-corrected chi connectivity index (χ3v) is 6.01. The second-order valence-corrected chi connectivity index (χ2v) is 8.42. The smallest absolute Gasteiger partial charge is 0.264 e. The van der Waals surface area contributed by atoms with Crippen LogP contribution in [-0.4, -0.2) is 27.4 Å². The van der Waals surface area contributed by atoms with Gasteiger partial charge >= 0.3 is 0 Å². The van der Waals surface area contributed by atoms with Crippen molar-refractivity contribution in [3.63, 3.8) is 0 Å². The zero-order valence-electron chi connectivity index (χ0n) is 15.2. The molecule has 0 unspecified atom stereocenters. The highest BCUT2D eigenvalue weighted by atomic mass is 32.2. The Morgan fingerprint density at radius 3 is 2.24 bits per heavy atom. The summed E-state index contributed by atoms with van der Waals surface area (Å²) < 4.78 is 26.8. The molecule has 1 N–H and O–H groups in total. The Balaban J connectivity index is 1.80. The molecule has 0 saturated carbocycles. The van der Waals surface area contributed by atoms with Gasteiger partial charge in [-0.05, 0) is 43.5 Å². The number of anilines is 1. The van der Waals surface area contributed by atoms with Crippen LogP contribution in [0.2, 0.25) is 0 Å². The highest BCUT2D eigenvalue weighted by Crippen LogP contribution is 2.22. The summed E-state index contributed by atoms with van der Waals surface area (Å²) >= 11 is 0. The van der Waals surface area contributed by atoms with E-state index in [9.17, 15) is 13.2 Å². The monoisotopic (exact) mass is 366 g/mol. The first-order valence-corrected chi connectivity index (χ1v) is 10.9. The first kappa shape index (κ1) is 19.8. The molecule has 0 bridgehead atoms. The summed E-state index contributed by atoms with van der Waals surface area (Å²) in [7, 11) is -3.77. The normalized spacial score (nSPS) is 14.7. The van der Waals surface area contributed by atoms with Crippen molar-refractivity contribution in [1.82, 2.24) is 4.72 Å². The second-order valence-electron chi connectivity index (χ2n) is 6.73. The Bertz CT molecular complexity index is 635. The van der Waals surface area contributed by atoms with E-state index in [1.807, 2.05) is 12.1 Å². The molecule has 25 heavy (non-hydrogen) atoms. The first-order valence-electron chi connectivity index (χ1n) is 9.43. The molecule has 0 spiro atoms. The molecule has 0 atom stereocenters. The fourth-order valence-electron chi connectivity index (χ4n) is 3.14. The van der Waals surface area contributed by atoms with Crippen LogP contribution in [0.4, 0.5) is 5.69 Å². The van der Waals surface area contributed by atoms with Gasteiger partial charge in [-0.15, -0.1) is 0 Å². The van der Waals surface area contributed by atoms with Crippen molar-refractivity contribution < 1.29 is 13.2 Å². The SMILES string of the molecule is CCCCCCCCC(=O)NS(=O)(=O)c1ccc(N2CCCC2)cc1. The lowest BCUT2D eigenvalue weighted by atomic mass is 10.1. The van der Waals surface area contributed by atoms with Crippen LogP contribution in [0.15, 0.2) is 29.2 Å². The lowest BCUT2D eigenvalue weighted by Gasteiger charge is -2.17. The minimum Gasteiger partial charge on any atom is -0.372 e. The third-order valence-electron chi connectivity index (χ3n) is 4.62. The number of sulfonamides is 1. The molecule has 2 rings (SSSR count). The maximum absolute atomic E-state index is 12.3. The summed E-state index contributed by atoms with van der Waals surface area (Å²) in [6.45, 7) is 4.19. The standard InChI is InChI=1S/C19H30N2O3S/c1-2-3-4-5-6-7-10-19(22)20-25(23,24)18-13-11-17(12-14-18)21-15-8-9-16-21/h11-14H,2-10,15-16H2,1H3,(H,20,22). The van der Waals surface area contributed by atoms with Crippen molar-refractivity contribution in [3.05, 3.63) is 24.3 Å². The molecule has 1 saturated heterocycles. The van der Waals surface area contributed by atoms with Crippen molar-refractivity contribution in [2.45, 2.75) is 69.6 Å². The van der Waals surface area contributed by atoms with Gasteiger partial charge in [0.15, 0.2) is 0 Å². The number of hydrogen-bond donors (Lipinski definition) is 1. The molecular formula is C19H30N2O3S. The van der Waals surface area contributed by atoms with Gasteiger partial charge in [0.2, 0.25) is 5.91 Å². The molecule has 0 aromatic heterocycles. The number of rotatable bonds is 10. The maximum Gasteiger partial charge on any atom is 0.264 e. The molecule has 1 aromatic carbocycles. The van der Waals surface area contributed by atoms with Crippen molar-refractivity contribution in [2.24, 2.45) is 0 Å². The molecule has 1 amide bonds. The van der Waals surface area contributed by atoms with Crippen LogP contribution in [0.1, 0.15) is 64.7 Å². The van der Waals surface area contributed by atoms with Crippen molar-refractivity contribution in [3.8, 4) is 0 Å². The molecular weight excluding hydrogens is 336 g/mol. The summed E-state index contributed by atoms with van der Waals surface area (Å²) in [6, 6.07) is 6.79. The zero-order valence-corrected chi connectivity index (χ0v) is 16.0. The fourth-order valence-corrected chi connectivity index (χ4v) is 4.15. The lowest BCUT2D eigenvalue weighted by Crippen LogP contribution is -2.30. The topological polar surface area (TPSA) is 66.5 Å². The number of benzene rings is 1. The van der Waals surface area contributed by atoms with Crippen LogP contribution in [0.3, 0.4) is 0 Å². The van der Waals surface area contributed by atoms with E-state index in [1.165, 1.54) is 32.1 Å². The van der Waals surface area contributed by atoms with Gasteiger partial charge in [-0.1, -0.05) is 39.0 Å². The Labute approximate surface area is 151 Å². The first-order chi connectivity index (χ1) is 12.0. The average Bonchev–Trinajstić information content (AvgIpc) is 3.12. The number of hydrogen-bond acceptors (Lipinski definition) is 4. The Kier molecular flexibility index (Phi) is 7.75. The van der Waals surface area contributed by atoms with E-state index in [2.05, 4.69) is 16.5 Å². The van der Waals surface area contributed by atoms with Gasteiger partial charge in [-0.25, -0.2) is 13.1 Å². The number of unbranched alkanes of at least 4 members (excludes halogenated alkanes) is 5. The van der Waals surface area contributed by atoms with E-state index in [-0.39, 0.29) is 11.3 Å². The molecule has 1 aliphatic heterocycles. The van der Waals surface area contributed by atoms with Gasteiger partial charge in [-0.2, -0.15) is 0 Å². The van der Waals surface area contributed by atoms with Crippen molar-refractivity contribution >= 4 is 21.6 Å². The van der Waals surface area contributed by atoms with E-state index in [0.717, 1.165) is 38.0 Å². The van der Waals surface area contributed by atoms with Gasteiger partial charge < -0.3 is 4.90 Å². The molecule has 140 valence electrons. The van der Waals surface area contributed by atoms with Crippen LogP contribution in [0, 0.1) is 0 Å². The third kappa shape index (κ3) is 6.34. The summed E-state index contributed by atoms with van der Waals surface area (Å²) in [5.41, 5.74) is 1.04. The number of nitrogens with zero attached hydrogens (tertiary/aromatic N) is 1. The summed E-state index contributed by atoms with van der Waals surface area (Å²) in [5.74, 6) is -0.417. The van der Waals surface area contributed by atoms with Crippen LogP contribution in [0.5, 0.6) is 0 Å². The summed E-state index contributed by atoms with van der Waals surface area (Å²) in [4.78, 5) is 14.3. The van der Waals surface area contributed by atoms with Gasteiger partial charge in [0, 0.05) is 25.2 Å². The minimum atomic E-state index is -3.77. The number of amides is 1. The van der Waals surface area contributed by atoms with Crippen LogP contribution < -0.4 is 9.62 Å². The van der Waals surface area contributed by atoms with Crippen LogP contribution in [0.25, 0.3) is 0 Å². The van der Waals surface area contributed by atoms with E-state index in [0.29, 0.717) is 0 Å². The Morgan fingerprint density at radius 1 is 1.00 bits per heavy atom. The van der Waals surface area contributed by atoms with E-state index in [1.54, 1.807) is 12.1 Å².